The Bertz CT molecular complexity index is 927. The van der Waals surface area contributed by atoms with Gasteiger partial charge < -0.3 is 10.1 Å². The van der Waals surface area contributed by atoms with E-state index < -0.39 is 15.9 Å². The number of hydrogen-bond donors (Lipinski definition) is 2. The van der Waals surface area contributed by atoms with Gasteiger partial charge in [-0.3, -0.25) is 9.52 Å². The van der Waals surface area contributed by atoms with Crippen LogP contribution in [0.15, 0.2) is 47.4 Å². The van der Waals surface area contributed by atoms with Gasteiger partial charge in [0.2, 0.25) is 0 Å². The van der Waals surface area contributed by atoms with Crippen LogP contribution in [0.5, 0.6) is 0 Å². The smallest absolute Gasteiger partial charge is 0.261 e. The van der Waals surface area contributed by atoms with Crippen LogP contribution in [0.4, 0.5) is 5.69 Å². The van der Waals surface area contributed by atoms with Gasteiger partial charge in [-0.2, -0.15) is 0 Å². The molecule has 2 aromatic carbocycles. The summed E-state index contributed by atoms with van der Waals surface area (Å²) in [5, 5.41) is 3.40. The molecule has 1 aliphatic rings. The van der Waals surface area contributed by atoms with Gasteiger partial charge in [-0.25, -0.2) is 8.42 Å². The number of ether oxygens (including phenoxy) is 1. The molecule has 0 spiro atoms. The van der Waals surface area contributed by atoms with E-state index in [9.17, 15) is 13.2 Å². The number of carbonyl (C=O) groups excluding carboxylic acids is 1. The van der Waals surface area contributed by atoms with Gasteiger partial charge in [0.1, 0.15) is 0 Å². The molecule has 27 heavy (non-hydrogen) atoms. The van der Waals surface area contributed by atoms with Gasteiger partial charge in [-0.05, 0) is 55.3 Å². The highest BCUT2D eigenvalue weighted by Gasteiger charge is 2.21. The molecule has 1 saturated heterocycles. The second-order valence-corrected chi connectivity index (χ2v) is 8.63. The van der Waals surface area contributed by atoms with Crippen molar-refractivity contribution in [1.29, 1.82) is 0 Å². The summed E-state index contributed by atoms with van der Waals surface area (Å²) in [5.74, 6) is -0.445. The lowest BCUT2D eigenvalue weighted by atomic mass is 10.2. The number of hydrogen-bond acceptors (Lipinski definition) is 4. The maximum absolute atomic E-state index is 12.6. The molecule has 2 N–H and O–H groups in total. The minimum Gasteiger partial charge on any atom is -0.376 e. The molecule has 0 bridgehead atoms. The van der Waals surface area contributed by atoms with Gasteiger partial charge in [-0.1, -0.05) is 23.2 Å². The van der Waals surface area contributed by atoms with Gasteiger partial charge in [0.05, 0.1) is 21.6 Å². The fourth-order valence-corrected chi connectivity index (χ4v) is 4.10. The Morgan fingerprint density at radius 1 is 1.15 bits per heavy atom. The SMILES string of the molecule is O=C(NC[C@H]1CCCO1)c1cc(S(=O)(=O)Nc2ccc(Cl)cc2)ccc1Cl. The average Bonchev–Trinajstić information content (AvgIpc) is 3.15. The maximum Gasteiger partial charge on any atom is 0.261 e. The molecule has 1 heterocycles. The molecule has 3 rings (SSSR count). The van der Waals surface area contributed by atoms with Crippen LogP contribution in [0, 0.1) is 0 Å². The summed E-state index contributed by atoms with van der Waals surface area (Å²) in [6.45, 7) is 1.04. The summed E-state index contributed by atoms with van der Waals surface area (Å²) in [7, 11) is -3.89. The van der Waals surface area contributed by atoms with E-state index >= 15 is 0 Å². The number of benzene rings is 2. The molecule has 1 atom stereocenters. The number of carbonyl (C=O) groups is 1. The van der Waals surface area contributed by atoms with Crippen LogP contribution >= 0.6 is 23.2 Å². The summed E-state index contributed by atoms with van der Waals surface area (Å²) < 4.78 is 33.1. The van der Waals surface area contributed by atoms with E-state index in [1.54, 1.807) is 24.3 Å². The molecular weight excluding hydrogens is 411 g/mol. The summed E-state index contributed by atoms with van der Waals surface area (Å²) in [5.41, 5.74) is 0.451. The largest absolute Gasteiger partial charge is 0.376 e. The third-order valence-corrected chi connectivity index (χ3v) is 6.06. The highest BCUT2D eigenvalue weighted by Crippen LogP contribution is 2.23. The Hall–Kier alpha value is -1.80. The van der Waals surface area contributed by atoms with Crippen LogP contribution in [-0.2, 0) is 14.8 Å². The zero-order chi connectivity index (χ0) is 19.4. The third-order valence-electron chi connectivity index (χ3n) is 4.10. The van der Waals surface area contributed by atoms with Crippen molar-refractivity contribution in [3.8, 4) is 0 Å². The zero-order valence-corrected chi connectivity index (χ0v) is 16.6. The molecule has 0 aromatic heterocycles. The number of rotatable bonds is 6. The van der Waals surface area contributed by atoms with E-state index in [1.807, 2.05) is 0 Å². The lowest BCUT2D eigenvalue weighted by Crippen LogP contribution is -2.32. The second kappa shape index (κ2) is 8.48. The number of halogens is 2. The molecule has 144 valence electrons. The minimum atomic E-state index is -3.89. The number of nitrogens with one attached hydrogen (secondary N) is 2. The van der Waals surface area contributed by atoms with Gasteiger partial charge in [-0.15, -0.1) is 0 Å². The van der Waals surface area contributed by atoms with Crippen LogP contribution < -0.4 is 10.0 Å². The van der Waals surface area contributed by atoms with Crippen molar-refractivity contribution in [2.75, 3.05) is 17.9 Å². The summed E-state index contributed by atoms with van der Waals surface area (Å²) in [6, 6.07) is 10.2. The molecular formula is C18H18Cl2N2O4S. The van der Waals surface area contributed by atoms with Crippen molar-refractivity contribution < 1.29 is 17.9 Å². The Balaban J connectivity index is 1.76. The summed E-state index contributed by atoms with van der Waals surface area (Å²) >= 11 is 11.9. The van der Waals surface area contributed by atoms with Crippen molar-refractivity contribution in [2.45, 2.75) is 23.8 Å². The lowest BCUT2D eigenvalue weighted by molar-refractivity contribution is 0.0857. The van der Waals surface area contributed by atoms with Crippen LogP contribution in [0.3, 0.4) is 0 Å². The normalized spacial score (nSPS) is 16.9. The number of sulfonamides is 1. The zero-order valence-electron chi connectivity index (χ0n) is 14.2. The number of amides is 1. The van der Waals surface area contributed by atoms with E-state index in [1.165, 1.54) is 18.2 Å². The van der Waals surface area contributed by atoms with Crippen LogP contribution in [0.1, 0.15) is 23.2 Å². The van der Waals surface area contributed by atoms with Gasteiger partial charge in [0.25, 0.3) is 15.9 Å². The standard InChI is InChI=1S/C18H18Cl2N2O4S/c19-12-3-5-13(6-4-12)22-27(24,25)15-7-8-17(20)16(10-15)18(23)21-11-14-2-1-9-26-14/h3-8,10,14,22H,1-2,9,11H2,(H,21,23)/t14-/m1/s1. The predicted molar refractivity (Wildman–Crippen MR) is 105 cm³/mol. The molecule has 2 aromatic rings. The topological polar surface area (TPSA) is 84.5 Å². The minimum absolute atomic E-state index is 0.0220. The Morgan fingerprint density at radius 2 is 1.89 bits per heavy atom. The fourth-order valence-electron chi connectivity index (χ4n) is 2.68. The van der Waals surface area contributed by atoms with E-state index in [-0.39, 0.29) is 21.6 Å². The van der Waals surface area contributed by atoms with Crippen molar-refractivity contribution in [3.63, 3.8) is 0 Å². The average molecular weight is 429 g/mol. The van der Waals surface area contributed by atoms with E-state index in [0.717, 1.165) is 12.8 Å². The Labute approximate surface area is 167 Å². The molecule has 1 aliphatic heterocycles. The van der Waals surface area contributed by atoms with E-state index in [0.29, 0.717) is 23.9 Å². The molecule has 1 fully saturated rings. The first-order chi connectivity index (χ1) is 12.8. The molecule has 0 saturated carbocycles. The van der Waals surface area contributed by atoms with Crippen molar-refractivity contribution in [3.05, 3.63) is 58.1 Å². The highest BCUT2D eigenvalue weighted by molar-refractivity contribution is 7.92. The predicted octanol–water partition coefficient (Wildman–Crippen LogP) is 3.70. The molecule has 1 amide bonds. The fraction of sp³-hybridized carbons (Fsp3) is 0.278. The molecule has 0 unspecified atom stereocenters. The van der Waals surface area contributed by atoms with Crippen LogP contribution in [0.25, 0.3) is 0 Å². The van der Waals surface area contributed by atoms with Crippen LogP contribution in [-0.4, -0.2) is 33.6 Å². The first-order valence-corrected chi connectivity index (χ1v) is 10.6. The molecule has 9 heteroatoms. The van der Waals surface area contributed by atoms with Crippen molar-refractivity contribution >= 4 is 44.8 Å². The third kappa shape index (κ3) is 5.13. The van der Waals surface area contributed by atoms with Gasteiger partial charge in [0.15, 0.2) is 0 Å². The first-order valence-electron chi connectivity index (χ1n) is 8.33. The molecule has 6 nitrogen and oxygen atoms in total. The van der Waals surface area contributed by atoms with Gasteiger partial charge >= 0.3 is 0 Å². The van der Waals surface area contributed by atoms with E-state index in [2.05, 4.69) is 10.0 Å². The van der Waals surface area contributed by atoms with Gasteiger partial charge in [0, 0.05) is 23.9 Å². The maximum atomic E-state index is 12.6. The van der Waals surface area contributed by atoms with Crippen LogP contribution in [0.2, 0.25) is 10.0 Å². The molecule has 0 radical (unpaired) electrons. The van der Waals surface area contributed by atoms with Crippen molar-refractivity contribution in [2.24, 2.45) is 0 Å². The lowest BCUT2D eigenvalue weighted by Gasteiger charge is -2.13. The molecule has 0 aliphatic carbocycles. The highest BCUT2D eigenvalue weighted by atomic mass is 35.5. The first kappa shape index (κ1) is 19.9. The van der Waals surface area contributed by atoms with Crippen molar-refractivity contribution in [1.82, 2.24) is 5.32 Å². The number of anilines is 1. The van der Waals surface area contributed by atoms with E-state index in [4.69, 9.17) is 27.9 Å². The summed E-state index contributed by atoms with van der Waals surface area (Å²) in [4.78, 5) is 12.4. The quantitative estimate of drug-likeness (QED) is 0.734. The summed E-state index contributed by atoms with van der Waals surface area (Å²) in [6.07, 6.45) is 1.82. The monoisotopic (exact) mass is 428 g/mol. The Morgan fingerprint density at radius 3 is 2.56 bits per heavy atom. The second-order valence-electron chi connectivity index (χ2n) is 6.10. The Kier molecular flexibility index (Phi) is 6.26.